The van der Waals surface area contributed by atoms with Crippen LogP contribution in [0.3, 0.4) is 0 Å². The lowest BCUT2D eigenvalue weighted by Crippen LogP contribution is -2.31. The van der Waals surface area contributed by atoms with Gasteiger partial charge in [-0.2, -0.15) is 0 Å². The van der Waals surface area contributed by atoms with Crippen molar-refractivity contribution in [2.24, 2.45) is 11.1 Å². The molecule has 2 nitrogen and oxygen atoms in total. The molecule has 1 rings (SSSR count). The second-order valence-corrected chi connectivity index (χ2v) is 3.63. The first-order valence-corrected chi connectivity index (χ1v) is 4.12. The number of hydrogen-bond donors (Lipinski definition) is 1. The van der Waals surface area contributed by atoms with Crippen molar-refractivity contribution in [1.29, 1.82) is 0 Å². The molecular weight excluding hydrogens is 124 g/mol. The van der Waals surface area contributed by atoms with E-state index in [0.717, 1.165) is 6.54 Å². The first-order chi connectivity index (χ1) is 4.70. The Morgan fingerprint density at radius 2 is 2.30 bits per heavy atom. The summed E-state index contributed by atoms with van der Waals surface area (Å²) in [5.41, 5.74) is 6.07. The van der Waals surface area contributed by atoms with E-state index in [4.69, 9.17) is 5.73 Å². The summed E-state index contributed by atoms with van der Waals surface area (Å²) in [4.78, 5) is 2.47. The first kappa shape index (κ1) is 8.02. The van der Waals surface area contributed by atoms with Crippen molar-refractivity contribution < 1.29 is 0 Å². The molecule has 2 N–H and O–H groups in total. The Hall–Kier alpha value is -0.0800. The number of nitrogens with zero attached hydrogens (tertiary/aromatic N) is 1. The van der Waals surface area contributed by atoms with Gasteiger partial charge in [0.2, 0.25) is 0 Å². The Morgan fingerprint density at radius 1 is 1.60 bits per heavy atom. The molecule has 1 saturated heterocycles. The summed E-state index contributed by atoms with van der Waals surface area (Å²) in [6, 6.07) is 0. The predicted octanol–water partition coefficient (Wildman–Crippen LogP) is 0.677. The molecule has 1 unspecified atom stereocenters. The van der Waals surface area contributed by atoms with Crippen LogP contribution in [0.15, 0.2) is 0 Å². The molecule has 10 heavy (non-hydrogen) atoms. The van der Waals surface area contributed by atoms with Gasteiger partial charge in [0.05, 0.1) is 0 Å². The van der Waals surface area contributed by atoms with Crippen LogP contribution in [0.2, 0.25) is 0 Å². The molecule has 0 radical (unpaired) electrons. The molecule has 0 aromatic carbocycles. The van der Waals surface area contributed by atoms with Crippen LogP contribution in [0, 0.1) is 5.41 Å². The highest BCUT2D eigenvalue weighted by Crippen LogP contribution is 2.27. The molecule has 1 atom stereocenters. The SMILES string of the molecule is CCN1CCC(C)(CN)C1. The topological polar surface area (TPSA) is 29.3 Å². The van der Waals surface area contributed by atoms with E-state index in [1.165, 1.54) is 26.1 Å². The highest BCUT2D eigenvalue weighted by Gasteiger charge is 2.31. The van der Waals surface area contributed by atoms with Gasteiger partial charge in [-0.05, 0) is 31.5 Å². The lowest BCUT2D eigenvalue weighted by molar-refractivity contribution is 0.291. The fourth-order valence-electron chi connectivity index (χ4n) is 1.56. The minimum atomic E-state index is 0.413. The van der Waals surface area contributed by atoms with Crippen LogP contribution in [-0.2, 0) is 0 Å². The Bertz CT molecular complexity index is 114. The highest BCUT2D eigenvalue weighted by atomic mass is 15.1. The number of likely N-dealkylation sites (tertiary alicyclic amines) is 1. The molecule has 1 aliphatic heterocycles. The van der Waals surface area contributed by atoms with Gasteiger partial charge in [0.25, 0.3) is 0 Å². The van der Waals surface area contributed by atoms with Gasteiger partial charge in [-0.1, -0.05) is 13.8 Å². The predicted molar refractivity (Wildman–Crippen MR) is 43.9 cm³/mol. The van der Waals surface area contributed by atoms with Gasteiger partial charge < -0.3 is 10.6 Å². The fraction of sp³-hybridized carbons (Fsp3) is 1.00. The van der Waals surface area contributed by atoms with Crippen LogP contribution in [-0.4, -0.2) is 31.1 Å². The molecule has 1 heterocycles. The van der Waals surface area contributed by atoms with Crippen LogP contribution in [0.25, 0.3) is 0 Å². The van der Waals surface area contributed by atoms with E-state index in [1.54, 1.807) is 0 Å². The van der Waals surface area contributed by atoms with Crippen molar-refractivity contribution in [2.75, 3.05) is 26.2 Å². The second kappa shape index (κ2) is 2.89. The van der Waals surface area contributed by atoms with Gasteiger partial charge >= 0.3 is 0 Å². The van der Waals surface area contributed by atoms with Gasteiger partial charge in [-0.25, -0.2) is 0 Å². The number of nitrogens with two attached hydrogens (primary N) is 1. The van der Waals surface area contributed by atoms with Crippen LogP contribution in [0.4, 0.5) is 0 Å². The van der Waals surface area contributed by atoms with E-state index in [-0.39, 0.29) is 0 Å². The van der Waals surface area contributed by atoms with Gasteiger partial charge in [-0.15, -0.1) is 0 Å². The average molecular weight is 142 g/mol. The van der Waals surface area contributed by atoms with Crippen molar-refractivity contribution in [1.82, 2.24) is 4.90 Å². The zero-order valence-electron chi connectivity index (χ0n) is 7.06. The molecule has 0 aliphatic carbocycles. The van der Waals surface area contributed by atoms with Crippen LogP contribution < -0.4 is 5.73 Å². The maximum atomic E-state index is 5.66. The zero-order chi connectivity index (χ0) is 7.61. The van der Waals surface area contributed by atoms with Crippen molar-refractivity contribution in [3.63, 3.8) is 0 Å². The maximum Gasteiger partial charge on any atom is 0.00478 e. The van der Waals surface area contributed by atoms with Gasteiger partial charge in [-0.3, -0.25) is 0 Å². The third-order valence-electron chi connectivity index (χ3n) is 2.58. The molecule has 0 amide bonds. The molecule has 1 aliphatic rings. The van der Waals surface area contributed by atoms with Crippen molar-refractivity contribution in [3.05, 3.63) is 0 Å². The first-order valence-electron chi connectivity index (χ1n) is 4.12. The van der Waals surface area contributed by atoms with Crippen molar-refractivity contribution in [3.8, 4) is 0 Å². The Kier molecular flexibility index (Phi) is 2.32. The average Bonchev–Trinajstić information content (AvgIpc) is 2.33. The molecule has 1 fully saturated rings. The molecule has 0 bridgehead atoms. The van der Waals surface area contributed by atoms with Gasteiger partial charge in [0, 0.05) is 6.54 Å². The summed E-state index contributed by atoms with van der Waals surface area (Å²) < 4.78 is 0. The van der Waals surface area contributed by atoms with Crippen LogP contribution in [0.1, 0.15) is 20.3 Å². The largest absolute Gasteiger partial charge is 0.330 e. The summed E-state index contributed by atoms with van der Waals surface area (Å²) in [6.45, 7) is 8.94. The monoisotopic (exact) mass is 142 g/mol. The van der Waals surface area contributed by atoms with E-state index in [0.29, 0.717) is 5.41 Å². The number of rotatable bonds is 2. The van der Waals surface area contributed by atoms with E-state index >= 15 is 0 Å². The lowest BCUT2D eigenvalue weighted by atomic mass is 9.90. The van der Waals surface area contributed by atoms with Gasteiger partial charge in [0.15, 0.2) is 0 Å². The maximum absolute atomic E-state index is 5.66. The summed E-state index contributed by atoms with van der Waals surface area (Å²) in [7, 11) is 0. The van der Waals surface area contributed by atoms with E-state index < -0.39 is 0 Å². The molecule has 0 saturated carbocycles. The molecule has 60 valence electrons. The summed E-state index contributed by atoms with van der Waals surface area (Å²) in [5.74, 6) is 0. The minimum absolute atomic E-state index is 0.413. The standard InChI is InChI=1S/C8H18N2/c1-3-10-5-4-8(2,6-9)7-10/h3-7,9H2,1-2H3. The normalized spacial score (nSPS) is 35.1. The summed E-state index contributed by atoms with van der Waals surface area (Å²) in [6.07, 6.45) is 1.28. The molecule has 0 aromatic rings. The third-order valence-corrected chi connectivity index (χ3v) is 2.58. The zero-order valence-corrected chi connectivity index (χ0v) is 7.06. The Morgan fingerprint density at radius 3 is 2.60 bits per heavy atom. The van der Waals surface area contributed by atoms with Crippen LogP contribution >= 0.6 is 0 Å². The van der Waals surface area contributed by atoms with E-state index in [1.807, 2.05) is 0 Å². The smallest absolute Gasteiger partial charge is 0.00478 e. The van der Waals surface area contributed by atoms with Crippen molar-refractivity contribution >= 4 is 0 Å². The Balaban J connectivity index is 2.41. The highest BCUT2D eigenvalue weighted by molar-refractivity contribution is 4.86. The minimum Gasteiger partial charge on any atom is -0.330 e. The molecule has 2 heteroatoms. The second-order valence-electron chi connectivity index (χ2n) is 3.63. The molecular formula is C8H18N2. The lowest BCUT2D eigenvalue weighted by Gasteiger charge is -2.21. The quantitative estimate of drug-likeness (QED) is 0.614. The van der Waals surface area contributed by atoms with Gasteiger partial charge in [0.1, 0.15) is 0 Å². The summed E-state index contributed by atoms with van der Waals surface area (Å²) in [5, 5.41) is 0. The third kappa shape index (κ3) is 1.50. The van der Waals surface area contributed by atoms with Crippen LogP contribution in [0.5, 0.6) is 0 Å². The number of hydrogen-bond acceptors (Lipinski definition) is 2. The molecule has 0 spiro atoms. The summed E-state index contributed by atoms with van der Waals surface area (Å²) >= 11 is 0. The molecule has 0 aromatic heterocycles. The Labute approximate surface area is 63.4 Å². The fourth-order valence-corrected chi connectivity index (χ4v) is 1.56. The van der Waals surface area contributed by atoms with E-state index in [9.17, 15) is 0 Å². The van der Waals surface area contributed by atoms with E-state index in [2.05, 4.69) is 18.7 Å². The van der Waals surface area contributed by atoms with Crippen molar-refractivity contribution in [2.45, 2.75) is 20.3 Å².